The van der Waals surface area contributed by atoms with Gasteiger partial charge in [-0.15, -0.1) is 0 Å². The molecule has 2 heterocycles. The Morgan fingerprint density at radius 3 is 1.94 bits per heavy atom. The maximum atomic E-state index is 4.65. The number of allylic oxidation sites excluding steroid dienone is 4. The quantitative estimate of drug-likeness (QED) is 0.515. The average Bonchev–Trinajstić information content (AvgIpc) is 3.23. The fraction of sp³-hybridized carbons (Fsp3) is 0.520. The van der Waals surface area contributed by atoms with E-state index in [9.17, 15) is 0 Å². The van der Waals surface area contributed by atoms with E-state index in [2.05, 4.69) is 90.1 Å². The maximum absolute atomic E-state index is 4.65. The standard InChI is InChI=1S/C15H23N4.C10H15.ClH.Ir/c1-5-6-9-18-10-11-19(12-18)14-16-8-7-13(17-14)15(2,3)4;1-6-7(2)9(4)10(5)8(6)3;;/h7-8,10-12H,5-6,9H2,1-4H3;1-5H3;1H;/p-1. The summed E-state index contributed by atoms with van der Waals surface area (Å²) in [4.78, 5) is 13.2. The second kappa shape index (κ2) is 12.8. The summed E-state index contributed by atoms with van der Waals surface area (Å²) in [5, 5.41) is 0. The van der Waals surface area contributed by atoms with E-state index in [0.717, 1.165) is 18.2 Å². The van der Waals surface area contributed by atoms with Gasteiger partial charge in [-0.05, 0) is 51.3 Å². The first kappa shape index (κ1) is 29.8. The SMILES string of the molecule is CCCCN1[CH]N(c2nccc(C(C)(C)C)n2)C=C1.C[C]1C(C)=C(C)C(C)=C1C.[Cl-].[Ir]. The van der Waals surface area contributed by atoms with Gasteiger partial charge in [0.1, 0.15) is 6.67 Å². The van der Waals surface area contributed by atoms with Crippen molar-refractivity contribution in [3.8, 4) is 0 Å². The maximum Gasteiger partial charge on any atom is 0.231 e. The molecule has 175 valence electrons. The molecule has 6 heteroatoms. The number of hydrogen-bond acceptors (Lipinski definition) is 4. The first-order chi connectivity index (χ1) is 13.6. The van der Waals surface area contributed by atoms with Crippen molar-refractivity contribution in [1.29, 1.82) is 0 Å². The number of anilines is 1. The van der Waals surface area contributed by atoms with Crippen LogP contribution in [0, 0.1) is 12.6 Å². The minimum atomic E-state index is 0. The molecule has 31 heavy (non-hydrogen) atoms. The fourth-order valence-electron chi connectivity index (χ4n) is 3.28. The zero-order chi connectivity index (χ0) is 21.8. The molecule has 3 rings (SSSR count). The molecule has 0 spiro atoms. The third-order valence-electron chi connectivity index (χ3n) is 5.92. The summed E-state index contributed by atoms with van der Waals surface area (Å²) in [5.74, 6) is 2.21. The van der Waals surface area contributed by atoms with Gasteiger partial charge in [-0.1, -0.05) is 52.2 Å². The summed E-state index contributed by atoms with van der Waals surface area (Å²) < 4.78 is 0. The van der Waals surface area contributed by atoms with Gasteiger partial charge in [-0.3, -0.25) is 4.90 Å². The Labute approximate surface area is 210 Å². The summed E-state index contributed by atoms with van der Waals surface area (Å²) in [6.07, 6.45) is 8.31. The summed E-state index contributed by atoms with van der Waals surface area (Å²) in [6.45, 7) is 22.8. The molecular weight excluding hydrogens is 584 g/mol. The average molecular weight is 622 g/mol. The molecule has 3 radical (unpaired) electrons. The summed E-state index contributed by atoms with van der Waals surface area (Å²) in [6, 6.07) is 1.98. The molecule has 0 saturated heterocycles. The normalized spacial score (nSPS) is 16.3. The Kier molecular flexibility index (Phi) is 12.3. The fourth-order valence-corrected chi connectivity index (χ4v) is 3.28. The smallest absolute Gasteiger partial charge is 0.231 e. The van der Waals surface area contributed by atoms with Crippen molar-refractivity contribution >= 4 is 5.95 Å². The number of unbranched alkanes of at least 4 members (excludes halogenated alkanes) is 1. The molecule has 0 saturated carbocycles. The third-order valence-corrected chi connectivity index (χ3v) is 5.92. The largest absolute Gasteiger partial charge is 1.00 e. The van der Waals surface area contributed by atoms with Gasteiger partial charge >= 0.3 is 0 Å². The van der Waals surface area contributed by atoms with Crippen molar-refractivity contribution in [2.24, 2.45) is 0 Å². The van der Waals surface area contributed by atoms with E-state index in [0.29, 0.717) is 0 Å². The van der Waals surface area contributed by atoms with Crippen LogP contribution < -0.4 is 17.3 Å². The van der Waals surface area contributed by atoms with Crippen LogP contribution in [0.1, 0.15) is 80.8 Å². The number of aromatic nitrogens is 2. The summed E-state index contributed by atoms with van der Waals surface area (Å²) in [5.41, 5.74) is 6.98. The molecule has 1 aromatic heterocycles. The van der Waals surface area contributed by atoms with Crippen LogP contribution in [-0.2, 0) is 25.5 Å². The van der Waals surface area contributed by atoms with E-state index >= 15 is 0 Å². The minimum absolute atomic E-state index is 0. The number of halogens is 1. The van der Waals surface area contributed by atoms with Crippen LogP contribution in [0.5, 0.6) is 0 Å². The molecule has 0 fully saturated rings. The first-order valence-electron chi connectivity index (χ1n) is 10.7. The van der Waals surface area contributed by atoms with Gasteiger partial charge in [-0.2, -0.15) is 0 Å². The van der Waals surface area contributed by atoms with Crippen LogP contribution in [-0.4, -0.2) is 21.4 Å². The number of nitrogens with zero attached hydrogens (tertiary/aromatic N) is 4. The molecule has 1 aliphatic carbocycles. The molecule has 2 aliphatic rings. The zero-order valence-corrected chi connectivity index (χ0v) is 23.7. The number of hydrogen-bond donors (Lipinski definition) is 0. The first-order valence-corrected chi connectivity index (χ1v) is 10.7. The Morgan fingerprint density at radius 1 is 0.903 bits per heavy atom. The van der Waals surface area contributed by atoms with Crippen molar-refractivity contribution in [3.05, 3.63) is 65.2 Å². The summed E-state index contributed by atoms with van der Waals surface area (Å²) in [7, 11) is 0. The monoisotopic (exact) mass is 622 g/mol. The van der Waals surface area contributed by atoms with E-state index in [-0.39, 0.29) is 37.9 Å². The Bertz CT molecular complexity index is 784. The molecule has 0 N–H and O–H groups in total. The van der Waals surface area contributed by atoms with Crippen LogP contribution in [0.15, 0.2) is 47.0 Å². The van der Waals surface area contributed by atoms with Crippen molar-refractivity contribution in [2.45, 2.75) is 80.6 Å². The molecule has 0 amide bonds. The Morgan fingerprint density at radius 2 is 1.48 bits per heavy atom. The molecule has 0 unspecified atom stereocenters. The van der Waals surface area contributed by atoms with E-state index in [1.165, 1.54) is 41.1 Å². The van der Waals surface area contributed by atoms with E-state index in [4.69, 9.17) is 0 Å². The van der Waals surface area contributed by atoms with Crippen molar-refractivity contribution < 1.29 is 32.5 Å². The van der Waals surface area contributed by atoms with Gasteiger partial charge in [0, 0.05) is 56.6 Å². The predicted octanol–water partition coefficient (Wildman–Crippen LogP) is 3.56. The molecule has 1 aliphatic heterocycles. The van der Waals surface area contributed by atoms with Gasteiger partial charge in [0.05, 0.1) is 5.69 Å². The van der Waals surface area contributed by atoms with Crippen LogP contribution in [0.4, 0.5) is 5.95 Å². The third kappa shape index (κ3) is 7.73. The van der Waals surface area contributed by atoms with Crippen LogP contribution in [0.3, 0.4) is 0 Å². The molecule has 0 bridgehead atoms. The Balaban J connectivity index is 0.000000643. The minimum Gasteiger partial charge on any atom is -1.00 e. The van der Waals surface area contributed by atoms with Crippen molar-refractivity contribution in [2.75, 3.05) is 11.4 Å². The van der Waals surface area contributed by atoms with Gasteiger partial charge in [0.25, 0.3) is 0 Å². The molecule has 0 aromatic carbocycles. The second-order valence-electron chi connectivity index (χ2n) is 9.03. The van der Waals surface area contributed by atoms with Gasteiger partial charge < -0.3 is 17.3 Å². The Hall–Kier alpha value is -1.16. The van der Waals surface area contributed by atoms with Gasteiger partial charge in [0.2, 0.25) is 5.95 Å². The molecule has 1 aromatic rings. The summed E-state index contributed by atoms with van der Waals surface area (Å²) >= 11 is 0. The van der Waals surface area contributed by atoms with Gasteiger partial charge in [0.15, 0.2) is 0 Å². The van der Waals surface area contributed by atoms with E-state index in [1.807, 2.05) is 23.4 Å². The van der Waals surface area contributed by atoms with E-state index < -0.39 is 0 Å². The van der Waals surface area contributed by atoms with Crippen LogP contribution >= 0.6 is 0 Å². The second-order valence-corrected chi connectivity index (χ2v) is 9.03. The molecule has 4 nitrogen and oxygen atoms in total. The van der Waals surface area contributed by atoms with Gasteiger partial charge in [-0.25, -0.2) is 9.97 Å². The van der Waals surface area contributed by atoms with E-state index in [1.54, 1.807) is 0 Å². The molecular formula is C25H38ClIrN4-. The van der Waals surface area contributed by atoms with Crippen molar-refractivity contribution in [1.82, 2.24) is 14.9 Å². The topological polar surface area (TPSA) is 32.3 Å². The van der Waals surface area contributed by atoms with Crippen LogP contribution in [0.25, 0.3) is 0 Å². The molecule has 0 atom stereocenters. The zero-order valence-electron chi connectivity index (χ0n) is 20.5. The van der Waals surface area contributed by atoms with Crippen LogP contribution in [0.2, 0.25) is 0 Å². The predicted molar refractivity (Wildman–Crippen MR) is 124 cm³/mol. The number of rotatable bonds is 4. The van der Waals surface area contributed by atoms with Crippen molar-refractivity contribution in [3.63, 3.8) is 0 Å².